The molecule has 0 radical (unpaired) electrons. The molecular formula is C10H14BrNO2S. The van der Waals surface area contributed by atoms with Crippen LogP contribution in [-0.4, -0.2) is 19.7 Å². The molecule has 1 aliphatic rings. The highest BCUT2D eigenvalue weighted by molar-refractivity contribution is 9.08. The molecule has 0 N–H and O–H groups in total. The third-order valence-electron chi connectivity index (χ3n) is 1.69. The summed E-state index contributed by atoms with van der Waals surface area (Å²) in [5.41, 5.74) is 0.961. The third kappa shape index (κ3) is 5.28. The zero-order chi connectivity index (χ0) is 11.3. The zero-order valence-electron chi connectivity index (χ0n) is 8.61. The average Bonchev–Trinajstić information content (AvgIpc) is 3.03. The second-order valence-corrected chi connectivity index (χ2v) is 5.99. The van der Waals surface area contributed by atoms with E-state index in [0.29, 0.717) is 5.33 Å². The van der Waals surface area contributed by atoms with Crippen molar-refractivity contribution in [2.45, 2.75) is 29.6 Å². The highest BCUT2D eigenvalue weighted by Gasteiger charge is 2.07. The van der Waals surface area contributed by atoms with E-state index in [1.165, 1.54) is 25.3 Å². The van der Waals surface area contributed by atoms with Crippen LogP contribution in [0.1, 0.15) is 24.8 Å². The van der Waals surface area contributed by atoms with Gasteiger partial charge in [0, 0.05) is 17.8 Å². The van der Waals surface area contributed by atoms with Gasteiger partial charge in [-0.05, 0) is 11.6 Å². The van der Waals surface area contributed by atoms with Gasteiger partial charge in [-0.1, -0.05) is 41.3 Å². The first-order valence-corrected chi connectivity index (χ1v) is 7.76. The normalized spacial score (nSPS) is 14.0. The smallest absolute Gasteiger partial charge is 0.192 e. The van der Waals surface area contributed by atoms with Crippen LogP contribution in [0.2, 0.25) is 0 Å². The van der Waals surface area contributed by atoms with Crippen molar-refractivity contribution in [3.05, 3.63) is 23.9 Å². The van der Waals surface area contributed by atoms with Crippen LogP contribution in [0.4, 0.5) is 0 Å². The predicted octanol–water partition coefficient (Wildman–Crippen LogP) is 2.55. The van der Waals surface area contributed by atoms with Crippen molar-refractivity contribution in [2.24, 2.45) is 0 Å². The minimum atomic E-state index is -3.15. The molecule has 0 atom stereocenters. The van der Waals surface area contributed by atoms with Crippen LogP contribution in [0.25, 0.3) is 0 Å². The summed E-state index contributed by atoms with van der Waals surface area (Å²) in [6.45, 7) is 0. The lowest BCUT2D eigenvalue weighted by Gasteiger charge is -1.97. The van der Waals surface area contributed by atoms with Gasteiger partial charge in [-0.25, -0.2) is 13.4 Å². The van der Waals surface area contributed by atoms with Crippen molar-refractivity contribution in [3.63, 3.8) is 0 Å². The molecule has 0 saturated heterocycles. The van der Waals surface area contributed by atoms with E-state index >= 15 is 0 Å². The number of pyridine rings is 1. The molecule has 0 bridgehead atoms. The third-order valence-corrected chi connectivity index (χ3v) is 3.33. The zero-order valence-corrected chi connectivity index (χ0v) is 11.0. The fourth-order valence-corrected chi connectivity index (χ4v) is 1.60. The van der Waals surface area contributed by atoms with Crippen molar-refractivity contribution < 1.29 is 8.42 Å². The standard InChI is InChI=1S/C7H8BrNO2S.C3H6/c1-12(10,11)7-3-2-6(4-8)5-9-7;1-2-3-1/h2-3,5H,4H2,1H3;1-3H2. The van der Waals surface area contributed by atoms with Crippen molar-refractivity contribution in [1.82, 2.24) is 4.98 Å². The maximum absolute atomic E-state index is 11.0. The van der Waals surface area contributed by atoms with E-state index in [1.807, 2.05) is 0 Å². The van der Waals surface area contributed by atoms with E-state index in [2.05, 4.69) is 20.9 Å². The summed E-state index contributed by atoms with van der Waals surface area (Å²) in [4.78, 5) is 3.80. The van der Waals surface area contributed by atoms with Crippen LogP contribution in [0.15, 0.2) is 23.4 Å². The van der Waals surface area contributed by atoms with Gasteiger partial charge in [0.05, 0.1) is 0 Å². The molecule has 0 amide bonds. The number of alkyl halides is 1. The number of hydrogen-bond acceptors (Lipinski definition) is 3. The molecule has 0 unspecified atom stereocenters. The van der Waals surface area contributed by atoms with E-state index in [1.54, 1.807) is 12.3 Å². The fraction of sp³-hybridized carbons (Fsp3) is 0.500. The largest absolute Gasteiger partial charge is 0.244 e. The maximum Gasteiger partial charge on any atom is 0.192 e. The van der Waals surface area contributed by atoms with E-state index in [-0.39, 0.29) is 5.03 Å². The SMILES string of the molecule is C1CC1.CS(=O)(=O)c1ccc(CBr)cn1. The molecule has 84 valence electrons. The van der Waals surface area contributed by atoms with Crippen molar-refractivity contribution in [3.8, 4) is 0 Å². The average molecular weight is 292 g/mol. The summed E-state index contributed by atoms with van der Waals surface area (Å²) in [6.07, 6.45) is 7.19. The Labute approximate surface area is 99.0 Å². The Bertz CT molecular complexity index is 395. The molecule has 1 fully saturated rings. The van der Waals surface area contributed by atoms with Gasteiger partial charge in [-0.15, -0.1) is 0 Å². The van der Waals surface area contributed by atoms with E-state index in [9.17, 15) is 8.42 Å². The Balaban J connectivity index is 0.000000319. The number of aromatic nitrogens is 1. The van der Waals surface area contributed by atoms with Crippen molar-refractivity contribution in [1.29, 1.82) is 0 Å². The molecule has 0 aliphatic heterocycles. The Morgan fingerprint density at radius 1 is 1.33 bits per heavy atom. The molecule has 1 aliphatic carbocycles. The first-order valence-electron chi connectivity index (χ1n) is 4.75. The van der Waals surface area contributed by atoms with Crippen molar-refractivity contribution >= 4 is 25.8 Å². The number of hydrogen-bond donors (Lipinski definition) is 0. The molecule has 3 nitrogen and oxygen atoms in total. The van der Waals surface area contributed by atoms with Crippen LogP contribution in [0.3, 0.4) is 0 Å². The second kappa shape index (κ2) is 5.61. The Morgan fingerprint density at radius 3 is 2.20 bits per heavy atom. The first-order chi connectivity index (χ1) is 7.04. The lowest BCUT2D eigenvalue weighted by Crippen LogP contribution is -1.99. The lowest BCUT2D eigenvalue weighted by molar-refractivity contribution is 0.598. The van der Waals surface area contributed by atoms with E-state index in [0.717, 1.165) is 11.8 Å². The lowest BCUT2D eigenvalue weighted by atomic mass is 10.3. The Hall–Kier alpha value is -0.420. The summed E-state index contributed by atoms with van der Waals surface area (Å²) in [5.74, 6) is 0. The summed E-state index contributed by atoms with van der Waals surface area (Å²) in [6, 6.07) is 3.24. The molecule has 1 saturated carbocycles. The van der Waals surface area contributed by atoms with Gasteiger partial charge in [0.1, 0.15) is 0 Å². The van der Waals surface area contributed by atoms with Gasteiger partial charge < -0.3 is 0 Å². The molecule has 15 heavy (non-hydrogen) atoms. The van der Waals surface area contributed by atoms with Gasteiger partial charge in [-0.3, -0.25) is 0 Å². The first kappa shape index (κ1) is 12.6. The van der Waals surface area contributed by atoms with Crippen LogP contribution in [0, 0.1) is 0 Å². The second-order valence-electron chi connectivity index (χ2n) is 3.47. The summed E-state index contributed by atoms with van der Waals surface area (Å²) < 4.78 is 21.9. The predicted molar refractivity (Wildman–Crippen MR) is 63.8 cm³/mol. The van der Waals surface area contributed by atoms with Gasteiger partial charge in [0.25, 0.3) is 0 Å². The van der Waals surface area contributed by atoms with Gasteiger partial charge >= 0.3 is 0 Å². The molecule has 0 aromatic carbocycles. The summed E-state index contributed by atoms with van der Waals surface area (Å²) >= 11 is 3.24. The van der Waals surface area contributed by atoms with Gasteiger partial charge in [0.15, 0.2) is 14.9 Å². The van der Waals surface area contributed by atoms with Crippen LogP contribution in [0.5, 0.6) is 0 Å². The molecule has 2 rings (SSSR count). The van der Waals surface area contributed by atoms with Gasteiger partial charge in [-0.2, -0.15) is 0 Å². The topological polar surface area (TPSA) is 47.0 Å². The molecule has 1 aromatic rings. The van der Waals surface area contributed by atoms with E-state index in [4.69, 9.17) is 0 Å². The summed E-state index contributed by atoms with van der Waals surface area (Å²) in [7, 11) is -3.15. The Morgan fingerprint density at radius 2 is 1.93 bits per heavy atom. The maximum atomic E-state index is 11.0. The number of sulfone groups is 1. The molecule has 1 aromatic heterocycles. The minimum Gasteiger partial charge on any atom is -0.244 e. The van der Waals surface area contributed by atoms with Gasteiger partial charge in [0.2, 0.25) is 0 Å². The summed E-state index contributed by atoms with van der Waals surface area (Å²) in [5, 5.41) is 0.802. The molecule has 5 heteroatoms. The van der Waals surface area contributed by atoms with Crippen LogP contribution in [-0.2, 0) is 15.2 Å². The van der Waals surface area contributed by atoms with Crippen molar-refractivity contribution in [2.75, 3.05) is 6.26 Å². The number of halogens is 1. The number of nitrogens with zero attached hydrogens (tertiary/aromatic N) is 1. The van der Waals surface area contributed by atoms with Crippen LogP contribution < -0.4 is 0 Å². The fourth-order valence-electron chi connectivity index (χ4n) is 0.709. The minimum absolute atomic E-state index is 0.118. The monoisotopic (exact) mass is 291 g/mol. The highest BCUT2D eigenvalue weighted by atomic mass is 79.9. The highest BCUT2D eigenvalue weighted by Crippen LogP contribution is 2.14. The molecular weight excluding hydrogens is 278 g/mol. The molecule has 0 spiro atoms. The quantitative estimate of drug-likeness (QED) is 0.787. The van der Waals surface area contributed by atoms with E-state index < -0.39 is 9.84 Å². The van der Waals surface area contributed by atoms with Crippen LogP contribution >= 0.6 is 15.9 Å². The molecule has 1 heterocycles. The Kier molecular flexibility index (Phi) is 4.73. The number of rotatable bonds is 2.